The number of nitrogens with zero attached hydrogens (tertiary/aromatic N) is 5. The van der Waals surface area contributed by atoms with Crippen LogP contribution in [0.25, 0.3) is 10.9 Å². The maximum absolute atomic E-state index is 14.6. The molecule has 0 radical (unpaired) electrons. The molecule has 1 aromatic heterocycles. The molecule has 0 saturated carbocycles. The van der Waals surface area contributed by atoms with Crippen molar-refractivity contribution in [3.05, 3.63) is 64.2 Å². The number of ether oxygens (including phenoxy) is 2. The van der Waals surface area contributed by atoms with Gasteiger partial charge in [-0.3, -0.25) is 19.1 Å². The van der Waals surface area contributed by atoms with Gasteiger partial charge in [-0.25, -0.2) is 18.6 Å². The Bertz CT molecular complexity index is 1900. The summed E-state index contributed by atoms with van der Waals surface area (Å²) in [4.78, 5) is 47.1. The molecule has 1 unspecified atom stereocenters. The van der Waals surface area contributed by atoms with E-state index in [0.29, 0.717) is 0 Å². The number of nitriles is 1. The van der Waals surface area contributed by atoms with Gasteiger partial charge in [0, 0.05) is 13.1 Å². The number of carbonyl (C=O) groups is 2. The SMILES string of the molecule is CC(C)(C)OC(=O)N1C(C(C)(C)C)[C@H](n2cnc3ccc(Oc4c(F)ccc(F)c4C#N)cc3c2=O)CC12CCN(C(=O)C(F)(F)F)CC2. The summed E-state index contributed by atoms with van der Waals surface area (Å²) in [5.74, 6) is -4.66. The smallest absolute Gasteiger partial charge is 0.453 e. The normalized spacial score (nSPS) is 19.6. The molecule has 0 bridgehead atoms. The van der Waals surface area contributed by atoms with Crippen molar-refractivity contribution >= 4 is 22.9 Å². The second kappa shape index (κ2) is 12.3. The van der Waals surface area contributed by atoms with Gasteiger partial charge in [0.2, 0.25) is 0 Å². The third-order valence-electron chi connectivity index (χ3n) is 8.95. The molecule has 0 N–H and O–H groups in total. The first kappa shape index (κ1) is 35.6. The van der Waals surface area contributed by atoms with E-state index in [-0.39, 0.29) is 49.0 Å². The van der Waals surface area contributed by atoms with E-state index in [9.17, 15) is 41.6 Å². The highest BCUT2D eigenvalue weighted by Crippen LogP contribution is 2.52. The second-order valence-electron chi connectivity index (χ2n) is 14.5. The van der Waals surface area contributed by atoms with Gasteiger partial charge in [-0.15, -0.1) is 0 Å². The number of alkyl halides is 3. The lowest BCUT2D eigenvalue weighted by atomic mass is 9.82. The van der Waals surface area contributed by atoms with Crippen LogP contribution in [0, 0.1) is 28.4 Å². The Balaban J connectivity index is 1.60. The van der Waals surface area contributed by atoms with E-state index in [1.165, 1.54) is 29.1 Å². The minimum absolute atomic E-state index is 0.00527. The van der Waals surface area contributed by atoms with Crippen LogP contribution in [0.1, 0.15) is 72.4 Å². The molecule has 2 saturated heterocycles. The van der Waals surface area contributed by atoms with Crippen LogP contribution in [0.5, 0.6) is 11.5 Å². The van der Waals surface area contributed by atoms with Gasteiger partial charge in [0.15, 0.2) is 11.6 Å². The molecule has 2 atom stereocenters. The first-order chi connectivity index (χ1) is 22.7. The standard InChI is InChI=1S/C34H36F5N5O5/c1-31(2,3)27-25(16-33(44(27)30(47)49-32(4,5)6)11-13-42(14-12-33)29(46)34(37,38)39)43-18-41-24-10-7-19(15-20(24)28(43)45)48-26-21(17-40)22(35)8-9-23(26)36/h7-10,15,18,25,27H,11-14,16H2,1-6H3/t25-,27?/m1/s1. The minimum Gasteiger partial charge on any atom is -0.453 e. The molecule has 3 aromatic rings. The number of fused-ring (bicyclic) bond motifs is 1. The molecule has 2 amide bonds. The monoisotopic (exact) mass is 689 g/mol. The molecule has 1 spiro atoms. The van der Waals surface area contributed by atoms with E-state index in [0.717, 1.165) is 17.0 Å². The summed E-state index contributed by atoms with van der Waals surface area (Å²) in [5, 5.41) is 9.40. The maximum Gasteiger partial charge on any atom is 0.471 e. The fraction of sp³-hybridized carbons (Fsp3) is 0.500. The quantitative estimate of drug-likeness (QED) is 0.276. The van der Waals surface area contributed by atoms with E-state index >= 15 is 0 Å². The predicted octanol–water partition coefficient (Wildman–Crippen LogP) is 6.86. The van der Waals surface area contributed by atoms with Crippen LogP contribution in [0.15, 0.2) is 41.5 Å². The lowest BCUT2D eigenvalue weighted by Gasteiger charge is -2.48. The Hall–Kier alpha value is -4.74. The summed E-state index contributed by atoms with van der Waals surface area (Å²) >= 11 is 0. The van der Waals surface area contributed by atoms with E-state index in [1.807, 2.05) is 20.8 Å². The molecule has 5 rings (SSSR count). The second-order valence-corrected chi connectivity index (χ2v) is 14.5. The summed E-state index contributed by atoms with van der Waals surface area (Å²) in [6.45, 7) is 10.1. The van der Waals surface area contributed by atoms with Crippen LogP contribution in [0.3, 0.4) is 0 Å². The zero-order valence-corrected chi connectivity index (χ0v) is 27.8. The first-order valence-electron chi connectivity index (χ1n) is 15.6. The molecule has 262 valence electrons. The van der Waals surface area contributed by atoms with E-state index < -0.39 is 75.3 Å². The number of benzene rings is 2. The summed E-state index contributed by atoms with van der Waals surface area (Å²) in [6, 6.07) is 5.83. The van der Waals surface area contributed by atoms with Gasteiger partial charge in [0.05, 0.1) is 34.9 Å². The molecule has 0 aliphatic carbocycles. The zero-order chi connectivity index (χ0) is 36.3. The highest BCUT2D eigenvalue weighted by atomic mass is 19.4. The van der Waals surface area contributed by atoms with Gasteiger partial charge >= 0.3 is 18.2 Å². The average Bonchev–Trinajstić information content (AvgIpc) is 3.33. The van der Waals surface area contributed by atoms with Crippen molar-refractivity contribution in [1.82, 2.24) is 19.4 Å². The van der Waals surface area contributed by atoms with Crippen molar-refractivity contribution in [3.63, 3.8) is 0 Å². The largest absolute Gasteiger partial charge is 0.471 e. The van der Waals surface area contributed by atoms with Crippen molar-refractivity contribution < 1.29 is 41.0 Å². The molecule has 10 nitrogen and oxygen atoms in total. The Morgan fingerprint density at radius 1 is 1.00 bits per heavy atom. The topological polar surface area (TPSA) is 118 Å². The molecule has 2 fully saturated rings. The number of rotatable bonds is 3. The number of hydrogen-bond donors (Lipinski definition) is 0. The molecular weight excluding hydrogens is 653 g/mol. The molecule has 49 heavy (non-hydrogen) atoms. The van der Waals surface area contributed by atoms with E-state index in [1.54, 1.807) is 31.7 Å². The molecular formula is C34H36F5N5O5. The molecule has 2 aliphatic heterocycles. The van der Waals surface area contributed by atoms with Gasteiger partial charge in [-0.05, 0) is 75.8 Å². The third-order valence-corrected chi connectivity index (χ3v) is 8.95. The molecule has 15 heteroatoms. The molecule has 3 heterocycles. The fourth-order valence-corrected chi connectivity index (χ4v) is 6.92. The van der Waals surface area contributed by atoms with Gasteiger partial charge in [0.1, 0.15) is 28.8 Å². The summed E-state index contributed by atoms with van der Waals surface area (Å²) < 4.78 is 81.5. The van der Waals surface area contributed by atoms with Crippen LogP contribution >= 0.6 is 0 Å². The number of halogens is 5. The average molecular weight is 690 g/mol. The zero-order valence-electron chi connectivity index (χ0n) is 27.8. The predicted molar refractivity (Wildman–Crippen MR) is 167 cm³/mol. The summed E-state index contributed by atoms with van der Waals surface area (Å²) in [5.41, 5.74) is -3.66. The number of likely N-dealkylation sites (tertiary alicyclic amines) is 2. The lowest BCUT2D eigenvalue weighted by Crippen LogP contribution is -2.60. The Morgan fingerprint density at radius 3 is 2.20 bits per heavy atom. The highest BCUT2D eigenvalue weighted by Gasteiger charge is 2.60. The Kier molecular flexibility index (Phi) is 8.93. The van der Waals surface area contributed by atoms with E-state index in [4.69, 9.17) is 9.47 Å². The van der Waals surface area contributed by atoms with Crippen molar-refractivity contribution in [2.75, 3.05) is 13.1 Å². The van der Waals surface area contributed by atoms with Gasteiger partial charge in [0.25, 0.3) is 5.56 Å². The van der Waals surface area contributed by atoms with Crippen LogP contribution < -0.4 is 10.3 Å². The van der Waals surface area contributed by atoms with Gasteiger partial charge in [-0.1, -0.05) is 20.8 Å². The van der Waals surface area contributed by atoms with Crippen LogP contribution in [0.2, 0.25) is 0 Å². The summed E-state index contributed by atoms with van der Waals surface area (Å²) in [7, 11) is 0. The van der Waals surface area contributed by atoms with Crippen LogP contribution in [-0.4, -0.2) is 67.8 Å². The van der Waals surface area contributed by atoms with Gasteiger partial charge < -0.3 is 14.4 Å². The number of hydrogen-bond acceptors (Lipinski definition) is 7. The number of piperidine rings is 1. The number of amides is 2. The fourth-order valence-electron chi connectivity index (χ4n) is 6.92. The van der Waals surface area contributed by atoms with Gasteiger partial charge in [-0.2, -0.15) is 18.4 Å². The number of aromatic nitrogens is 2. The molecule has 2 aromatic carbocycles. The number of carbonyl (C=O) groups excluding carboxylic acids is 2. The van der Waals surface area contributed by atoms with Crippen molar-refractivity contribution in [3.8, 4) is 17.6 Å². The lowest BCUT2D eigenvalue weighted by molar-refractivity contribution is -0.187. The highest BCUT2D eigenvalue weighted by molar-refractivity contribution is 5.82. The van der Waals surface area contributed by atoms with Crippen molar-refractivity contribution in [1.29, 1.82) is 5.26 Å². The van der Waals surface area contributed by atoms with Crippen molar-refractivity contribution in [2.24, 2.45) is 5.41 Å². The Morgan fingerprint density at radius 2 is 1.63 bits per heavy atom. The Labute approximate surface area is 279 Å². The third kappa shape index (κ3) is 6.78. The van der Waals surface area contributed by atoms with Crippen LogP contribution in [-0.2, 0) is 9.53 Å². The maximum atomic E-state index is 14.6. The molecule has 2 aliphatic rings. The van der Waals surface area contributed by atoms with Crippen molar-refractivity contribution in [2.45, 2.75) is 90.2 Å². The van der Waals surface area contributed by atoms with E-state index in [2.05, 4.69) is 4.98 Å². The first-order valence-corrected chi connectivity index (χ1v) is 15.6. The minimum atomic E-state index is -5.05. The van der Waals surface area contributed by atoms with Crippen LogP contribution in [0.4, 0.5) is 26.7 Å². The summed E-state index contributed by atoms with van der Waals surface area (Å²) in [6.07, 6.45) is -4.26.